The average molecular weight is 165 g/mol. The van der Waals surface area contributed by atoms with Crippen LogP contribution in [0.15, 0.2) is 6.20 Å². The van der Waals surface area contributed by atoms with Crippen molar-refractivity contribution in [2.75, 3.05) is 11.9 Å². The Hall–Kier alpha value is -0.990. The number of anilines is 1. The van der Waals surface area contributed by atoms with Gasteiger partial charge in [-0.3, -0.25) is 0 Å². The van der Waals surface area contributed by atoms with Gasteiger partial charge in [0.1, 0.15) is 0 Å². The molecule has 2 rings (SSSR count). The van der Waals surface area contributed by atoms with Gasteiger partial charge in [0.25, 0.3) is 0 Å². The van der Waals surface area contributed by atoms with Gasteiger partial charge in [0, 0.05) is 18.8 Å². The molecule has 0 saturated carbocycles. The van der Waals surface area contributed by atoms with Gasteiger partial charge < -0.3 is 9.88 Å². The number of fused-ring (bicyclic) bond motifs is 1. The number of imidazole rings is 1. The Bertz CT molecular complexity index is 277. The molecule has 1 aliphatic rings. The van der Waals surface area contributed by atoms with Gasteiger partial charge in [-0.1, -0.05) is 6.92 Å². The van der Waals surface area contributed by atoms with E-state index in [-0.39, 0.29) is 0 Å². The molecule has 0 amide bonds. The first kappa shape index (κ1) is 7.65. The highest BCUT2D eigenvalue weighted by Crippen LogP contribution is 2.22. The molecule has 0 radical (unpaired) electrons. The largest absolute Gasteiger partial charge is 0.356 e. The van der Waals surface area contributed by atoms with E-state index in [1.54, 1.807) is 0 Å². The third-order valence-corrected chi connectivity index (χ3v) is 2.46. The second-order valence-corrected chi connectivity index (χ2v) is 3.38. The number of aromatic nitrogens is 2. The fourth-order valence-electron chi connectivity index (χ4n) is 1.61. The molecule has 1 aliphatic heterocycles. The van der Waals surface area contributed by atoms with E-state index in [0.717, 1.165) is 18.9 Å². The molecule has 0 saturated heterocycles. The first-order chi connectivity index (χ1) is 5.81. The normalized spacial score (nSPS) is 21.7. The Kier molecular flexibility index (Phi) is 1.79. The summed E-state index contributed by atoms with van der Waals surface area (Å²) >= 11 is 0. The van der Waals surface area contributed by atoms with Gasteiger partial charge in [-0.15, -0.1) is 0 Å². The molecule has 1 atom stereocenters. The predicted octanol–water partition coefficient (Wildman–Crippen LogP) is 1.82. The van der Waals surface area contributed by atoms with E-state index in [2.05, 4.69) is 34.9 Å². The summed E-state index contributed by atoms with van der Waals surface area (Å²) in [6.45, 7) is 5.44. The zero-order chi connectivity index (χ0) is 8.55. The lowest BCUT2D eigenvalue weighted by Gasteiger charge is -2.22. The Balaban J connectivity index is 2.37. The van der Waals surface area contributed by atoms with Crippen LogP contribution in [-0.4, -0.2) is 16.1 Å². The van der Waals surface area contributed by atoms with Crippen molar-refractivity contribution in [1.82, 2.24) is 9.55 Å². The highest BCUT2D eigenvalue weighted by atomic mass is 15.2. The molecule has 1 aromatic rings. The highest BCUT2D eigenvalue weighted by molar-refractivity contribution is 5.31. The van der Waals surface area contributed by atoms with Crippen molar-refractivity contribution >= 4 is 5.95 Å². The molecule has 66 valence electrons. The Morgan fingerprint density at radius 1 is 1.75 bits per heavy atom. The lowest BCUT2D eigenvalue weighted by Crippen LogP contribution is -2.20. The van der Waals surface area contributed by atoms with E-state index in [1.165, 1.54) is 12.1 Å². The minimum absolute atomic E-state index is 0.606. The van der Waals surface area contributed by atoms with Crippen LogP contribution in [0.2, 0.25) is 0 Å². The fourth-order valence-corrected chi connectivity index (χ4v) is 1.61. The maximum atomic E-state index is 4.47. The molecule has 2 heterocycles. The maximum absolute atomic E-state index is 4.47. The summed E-state index contributed by atoms with van der Waals surface area (Å²) in [5.74, 6) is 1.05. The average Bonchev–Trinajstić information content (AvgIpc) is 2.49. The van der Waals surface area contributed by atoms with E-state index < -0.39 is 0 Å². The Labute approximate surface area is 72.8 Å². The summed E-state index contributed by atoms with van der Waals surface area (Å²) in [4.78, 5) is 4.47. The molecule has 1 unspecified atom stereocenters. The minimum Gasteiger partial charge on any atom is -0.356 e. The molecule has 0 fully saturated rings. The number of aryl methyl sites for hydroxylation is 1. The van der Waals surface area contributed by atoms with Gasteiger partial charge in [-0.05, 0) is 19.8 Å². The van der Waals surface area contributed by atoms with Gasteiger partial charge in [0.15, 0.2) is 0 Å². The number of hydrogen-bond donors (Lipinski definition) is 1. The lowest BCUT2D eigenvalue weighted by molar-refractivity contribution is 0.498. The van der Waals surface area contributed by atoms with Crippen molar-refractivity contribution in [3.05, 3.63) is 11.9 Å². The molecule has 0 spiro atoms. The molecule has 1 aromatic heterocycles. The van der Waals surface area contributed by atoms with Gasteiger partial charge in [0.05, 0.1) is 5.69 Å². The van der Waals surface area contributed by atoms with Crippen molar-refractivity contribution in [2.45, 2.75) is 32.7 Å². The summed E-state index contributed by atoms with van der Waals surface area (Å²) in [7, 11) is 0. The van der Waals surface area contributed by atoms with Crippen LogP contribution in [0.3, 0.4) is 0 Å². The van der Waals surface area contributed by atoms with Crippen LogP contribution in [0, 0.1) is 0 Å². The molecule has 0 aliphatic carbocycles. The zero-order valence-corrected chi connectivity index (χ0v) is 7.67. The SMILES string of the molecule is CCc1cn2c(n1)NCCC2C. The molecule has 12 heavy (non-hydrogen) atoms. The van der Waals surface area contributed by atoms with E-state index in [9.17, 15) is 0 Å². The van der Waals surface area contributed by atoms with Crippen LogP contribution in [-0.2, 0) is 6.42 Å². The molecule has 3 nitrogen and oxygen atoms in total. The van der Waals surface area contributed by atoms with Gasteiger partial charge >= 0.3 is 0 Å². The van der Waals surface area contributed by atoms with Crippen LogP contribution in [0.25, 0.3) is 0 Å². The fraction of sp³-hybridized carbons (Fsp3) is 0.667. The highest BCUT2D eigenvalue weighted by Gasteiger charge is 2.16. The number of hydrogen-bond acceptors (Lipinski definition) is 2. The van der Waals surface area contributed by atoms with Crippen LogP contribution >= 0.6 is 0 Å². The first-order valence-electron chi connectivity index (χ1n) is 4.63. The van der Waals surface area contributed by atoms with E-state index in [1.807, 2.05) is 0 Å². The topological polar surface area (TPSA) is 29.9 Å². The molecular weight excluding hydrogens is 150 g/mol. The monoisotopic (exact) mass is 165 g/mol. The predicted molar refractivity (Wildman–Crippen MR) is 49.4 cm³/mol. The molecule has 0 aromatic carbocycles. The number of nitrogens with zero attached hydrogens (tertiary/aromatic N) is 2. The minimum atomic E-state index is 0.606. The third kappa shape index (κ3) is 1.09. The summed E-state index contributed by atoms with van der Waals surface area (Å²) < 4.78 is 2.24. The number of rotatable bonds is 1. The van der Waals surface area contributed by atoms with Gasteiger partial charge in [0.2, 0.25) is 5.95 Å². The van der Waals surface area contributed by atoms with Crippen LogP contribution < -0.4 is 5.32 Å². The van der Waals surface area contributed by atoms with Crippen molar-refractivity contribution in [3.8, 4) is 0 Å². The summed E-state index contributed by atoms with van der Waals surface area (Å²) in [6, 6.07) is 0.606. The lowest BCUT2D eigenvalue weighted by atomic mass is 10.2. The first-order valence-corrected chi connectivity index (χ1v) is 4.63. The second-order valence-electron chi connectivity index (χ2n) is 3.38. The van der Waals surface area contributed by atoms with Crippen molar-refractivity contribution < 1.29 is 0 Å². The summed E-state index contributed by atoms with van der Waals surface area (Å²) in [5, 5.41) is 3.30. The van der Waals surface area contributed by atoms with Crippen molar-refractivity contribution in [1.29, 1.82) is 0 Å². The Morgan fingerprint density at radius 3 is 3.25 bits per heavy atom. The van der Waals surface area contributed by atoms with Crippen molar-refractivity contribution in [3.63, 3.8) is 0 Å². The van der Waals surface area contributed by atoms with E-state index in [0.29, 0.717) is 6.04 Å². The molecular formula is C9H15N3. The Morgan fingerprint density at radius 2 is 2.58 bits per heavy atom. The van der Waals surface area contributed by atoms with Gasteiger partial charge in [-0.2, -0.15) is 0 Å². The summed E-state index contributed by atoms with van der Waals surface area (Å²) in [5.41, 5.74) is 1.19. The van der Waals surface area contributed by atoms with Crippen LogP contribution in [0.1, 0.15) is 32.0 Å². The molecule has 1 N–H and O–H groups in total. The number of nitrogens with one attached hydrogen (secondary N) is 1. The quantitative estimate of drug-likeness (QED) is 0.688. The van der Waals surface area contributed by atoms with Crippen molar-refractivity contribution in [2.24, 2.45) is 0 Å². The van der Waals surface area contributed by atoms with Crippen LogP contribution in [0.4, 0.5) is 5.95 Å². The smallest absolute Gasteiger partial charge is 0.203 e. The second kappa shape index (κ2) is 2.81. The molecule has 3 heteroatoms. The summed E-state index contributed by atoms with van der Waals surface area (Å²) in [6.07, 6.45) is 4.38. The molecule has 0 bridgehead atoms. The third-order valence-electron chi connectivity index (χ3n) is 2.46. The van der Waals surface area contributed by atoms with Crippen LogP contribution in [0.5, 0.6) is 0 Å². The van der Waals surface area contributed by atoms with E-state index >= 15 is 0 Å². The van der Waals surface area contributed by atoms with E-state index in [4.69, 9.17) is 0 Å². The zero-order valence-electron chi connectivity index (χ0n) is 7.67. The maximum Gasteiger partial charge on any atom is 0.203 e. The van der Waals surface area contributed by atoms with Gasteiger partial charge in [-0.25, -0.2) is 4.98 Å². The standard InChI is InChI=1S/C9H15N3/c1-3-8-6-12-7(2)4-5-10-9(12)11-8/h6-7H,3-5H2,1-2H3,(H,10,11).